The lowest BCUT2D eigenvalue weighted by molar-refractivity contribution is -0.124. The Morgan fingerprint density at radius 2 is 2.04 bits per heavy atom. The number of aromatic amines is 1. The Hall–Kier alpha value is -2.74. The molecule has 1 atom stereocenters. The van der Waals surface area contributed by atoms with Gasteiger partial charge in [0, 0.05) is 16.1 Å². The summed E-state index contributed by atoms with van der Waals surface area (Å²) in [5.74, 6) is 0.146. The zero-order valence-corrected chi connectivity index (χ0v) is 14.9. The number of anilines is 1. The Morgan fingerprint density at radius 3 is 2.77 bits per heavy atom. The van der Waals surface area contributed by atoms with E-state index in [0.717, 1.165) is 11.2 Å². The van der Waals surface area contributed by atoms with E-state index in [1.807, 2.05) is 11.4 Å². The molecule has 26 heavy (non-hydrogen) atoms. The van der Waals surface area contributed by atoms with Gasteiger partial charge < -0.3 is 15.4 Å². The number of carbonyl (C=O) groups excluding carboxylic acids is 1. The molecular formula is C18H13ClN4O2S. The van der Waals surface area contributed by atoms with Crippen LogP contribution in [0.4, 0.5) is 5.69 Å². The molecule has 0 aliphatic heterocycles. The zero-order valence-electron chi connectivity index (χ0n) is 13.3. The minimum atomic E-state index is -1.28. The number of carbonyl (C=O) groups is 1. The number of hydrogen-bond donors (Lipinski definition) is 3. The first-order chi connectivity index (χ1) is 12.6. The van der Waals surface area contributed by atoms with E-state index >= 15 is 0 Å². The number of aliphatic hydroxyl groups is 1. The highest BCUT2D eigenvalue weighted by Gasteiger charge is 2.18. The first kappa shape index (κ1) is 16.7. The van der Waals surface area contributed by atoms with E-state index in [4.69, 9.17) is 11.6 Å². The molecule has 1 unspecified atom stereocenters. The highest BCUT2D eigenvalue weighted by molar-refractivity contribution is 7.07. The predicted molar refractivity (Wildman–Crippen MR) is 102 cm³/mol. The molecule has 4 aromatic rings. The summed E-state index contributed by atoms with van der Waals surface area (Å²) < 4.78 is 0. The number of H-pyrrole nitrogens is 1. The number of nitrogens with one attached hydrogen (secondary N) is 2. The van der Waals surface area contributed by atoms with Crippen LogP contribution in [0.1, 0.15) is 11.7 Å². The van der Waals surface area contributed by atoms with Crippen LogP contribution in [-0.2, 0) is 4.79 Å². The number of benzene rings is 2. The van der Waals surface area contributed by atoms with Crippen molar-refractivity contribution in [3.63, 3.8) is 0 Å². The van der Waals surface area contributed by atoms with Gasteiger partial charge in [0.2, 0.25) is 0 Å². The van der Waals surface area contributed by atoms with Crippen molar-refractivity contribution in [2.24, 2.45) is 0 Å². The predicted octanol–water partition coefficient (Wildman–Crippen LogP) is 4.01. The molecule has 6 nitrogen and oxygen atoms in total. The number of amides is 1. The molecule has 2 heterocycles. The lowest BCUT2D eigenvalue weighted by atomic mass is 10.1. The molecule has 1 amide bonds. The largest absolute Gasteiger partial charge is 0.378 e. The van der Waals surface area contributed by atoms with Crippen molar-refractivity contribution in [2.75, 3.05) is 5.32 Å². The molecule has 2 aromatic carbocycles. The van der Waals surface area contributed by atoms with E-state index in [1.54, 1.807) is 41.9 Å². The zero-order chi connectivity index (χ0) is 18.1. The van der Waals surface area contributed by atoms with Crippen molar-refractivity contribution >= 4 is 45.6 Å². The molecule has 4 rings (SSSR count). The van der Waals surface area contributed by atoms with Crippen LogP contribution in [0.25, 0.3) is 22.6 Å². The van der Waals surface area contributed by atoms with Crippen LogP contribution in [-0.4, -0.2) is 26.0 Å². The van der Waals surface area contributed by atoms with E-state index in [2.05, 4.69) is 20.3 Å². The maximum Gasteiger partial charge on any atom is 0.257 e. The van der Waals surface area contributed by atoms with Crippen LogP contribution in [0.5, 0.6) is 0 Å². The van der Waals surface area contributed by atoms with E-state index in [-0.39, 0.29) is 0 Å². The van der Waals surface area contributed by atoms with Crippen LogP contribution in [0.2, 0.25) is 5.02 Å². The summed E-state index contributed by atoms with van der Waals surface area (Å²) in [6.07, 6.45) is -1.28. The van der Waals surface area contributed by atoms with Crippen molar-refractivity contribution < 1.29 is 9.90 Å². The van der Waals surface area contributed by atoms with Gasteiger partial charge in [0.15, 0.2) is 11.9 Å². The SMILES string of the molecule is O=C(Nc1ccc2[nH]c(-c3cscn3)nc2c1)C(O)c1ccc(Cl)cc1. The number of nitrogens with zero attached hydrogens (tertiary/aromatic N) is 2. The van der Waals surface area contributed by atoms with E-state index < -0.39 is 12.0 Å². The van der Waals surface area contributed by atoms with Crippen LogP contribution < -0.4 is 5.32 Å². The third kappa shape index (κ3) is 3.32. The van der Waals surface area contributed by atoms with Gasteiger partial charge in [-0.15, -0.1) is 11.3 Å². The monoisotopic (exact) mass is 384 g/mol. The summed E-state index contributed by atoms with van der Waals surface area (Å²) in [7, 11) is 0. The summed E-state index contributed by atoms with van der Waals surface area (Å²) in [6, 6.07) is 11.8. The summed E-state index contributed by atoms with van der Waals surface area (Å²) in [5, 5.41) is 15.3. The van der Waals surface area contributed by atoms with Gasteiger partial charge in [0.25, 0.3) is 5.91 Å². The quantitative estimate of drug-likeness (QED) is 0.495. The van der Waals surface area contributed by atoms with Gasteiger partial charge in [-0.2, -0.15) is 0 Å². The maximum absolute atomic E-state index is 12.3. The maximum atomic E-state index is 12.3. The van der Waals surface area contributed by atoms with E-state index in [0.29, 0.717) is 27.6 Å². The Bertz CT molecular complexity index is 1060. The molecule has 0 aliphatic rings. The minimum absolute atomic E-state index is 0.471. The lowest BCUT2D eigenvalue weighted by Crippen LogP contribution is -2.20. The second-order valence-corrected chi connectivity index (χ2v) is 6.79. The fraction of sp³-hybridized carbons (Fsp3) is 0.0556. The number of halogens is 1. The molecule has 0 aliphatic carbocycles. The number of hydrogen-bond acceptors (Lipinski definition) is 5. The topological polar surface area (TPSA) is 90.9 Å². The number of aromatic nitrogens is 3. The molecule has 0 saturated carbocycles. The highest BCUT2D eigenvalue weighted by atomic mass is 35.5. The molecule has 130 valence electrons. The van der Waals surface area contributed by atoms with E-state index in [9.17, 15) is 9.90 Å². The molecule has 0 fully saturated rings. The summed E-state index contributed by atoms with van der Waals surface area (Å²) in [6.45, 7) is 0. The molecule has 0 bridgehead atoms. The first-order valence-electron chi connectivity index (χ1n) is 7.73. The van der Waals surface area contributed by atoms with Crippen molar-refractivity contribution in [1.29, 1.82) is 0 Å². The molecule has 0 radical (unpaired) electrons. The lowest BCUT2D eigenvalue weighted by Gasteiger charge is -2.11. The molecule has 2 aromatic heterocycles. The second kappa shape index (κ2) is 6.87. The van der Waals surface area contributed by atoms with Gasteiger partial charge in [0.05, 0.1) is 16.5 Å². The summed E-state index contributed by atoms with van der Waals surface area (Å²) in [5.41, 5.74) is 5.07. The summed E-state index contributed by atoms with van der Waals surface area (Å²) in [4.78, 5) is 24.2. The fourth-order valence-electron chi connectivity index (χ4n) is 2.54. The fourth-order valence-corrected chi connectivity index (χ4v) is 3.20. The number of fused-ring (bicyclic) bond motifs is 1. The molecule has 8 heteroatoms. The third-order valence-electron chi connectivity index (χ3n) is 3.86. The van der Waals surface area contributed by atoms with Crippen molar-refractivity contribution in [1.82, 2.24) is 15.0 Å². The first-order valence-corrected chi connectivity index (χ1v) is 9.05. The van der Waals surface area contributed by atoms with E-state index in [1.165, 1.54) is 11.3 Å². The molecule has 3 N–H and O–H groups in total. The Labute approximate surface area is 157 Å². The van der Waals surface area contributed by atoms with Crippen LogP contribution in [0.15, 0.2) is 53.4 Å². The van der Waals surface area contributed by atoms with Crippen molar-refractivity contribution in [2.45, 2.75) is 6.10 Å². The van der Waals surface area contributed by atoms with Gasteiger partial charge >= 0.3 is 0 Å². The normalized spacial score (nSPS) is 12.2. The number of thiazole rings is 1. The molecular weight excluding hydrogens is 372 g/mol. The van der Waals surface area contributed by atoms with Gasteiger partial charge in [-0.25, -0.2) is 9.97 Å². The minimum Gasteiger partial charge on any atom is -0.378 e. The number of imidazole rings is 1. The third-order valence-corrected chi connectivity index (χ3v) is 4.70. The highest BCUT2D eigenvalue weighted by Crippen LogP contribution is 2.24. The molecule has 0 spiro atoms. The summed E-state index contributed by atoms with van der Waals surface area (Å²) >= 11 is 7.32. The Balaban J connectivity index is 1.55. The Kier molecular flexibility index (Phi) is 4.42. The smallest absolute Gasteiger partial charge is 0.257 e. The van der Waals surface area contributed by atoms with Gasteiger partial charge in [0.1, 0.15) is 5.69 Å². The van der Waals surface area contributed by atoms with Gasteiger partial charge in [-0.1, -0.05) is 23.7 Å². The number of aliphatic hydroxyl groups excluding tert-OH is 1. The molecule has 0 saturated heterocycles. The van der Waals surface area contributed by atoms with Crippen LogP contribution in [0, 0.1) is 0 Å². The van der Waals surface area contributed by atoms with Crippen molar-refractivity contribution in [3.05, 3.63) is 63.9 Å². The average molecular weight is 385 g/mol. The van der Waals surface area contributed by atoms with Gasteiger partial charge in [-0.3, -0.25) is 4.79 Å². The standard InChI is InChI=1S/C18H13ClN4O2S/c19-11-3-1-10(2-4-11)16(24)18(25)21-12-5-6-13-14(7-12)23-17(22-13)15-8-26-9-20-15/h1-9,16,24H,(H,21,25)(H,22,23). The van der Waals surface area contributed by atoms with Crippen LogP contribution >= 0.6 is 22.9 Å². The number of rotatable bonds is 4. The van der Waals surface area contributed by atoms with Crippen molar-refractivity contribution in [3.8, 4) is 11.5 Å². The second-order valence-electron chi connectivity index (χ2n) is 5.63. The Morgan fingerprint density at radius 1 is 1.23 bits per heavy atom. The van der Waals surface area contributed by atoms with Crippen LogP contribution in [0.3, 0.4) is 0 Å². The average Bonchev–Trinajstić information content (AvgIpc) is 3.30. The van der Waals surface area contributed by atoms with Gasteiger partial charge in [-0.05, 0) is 35.9 Å².